The van der Waals surface area contributed by atoms with Gasteiger partial charge < -0.3 is 5.32 Å². The molecule has 0 heterocycles. The Hall–Kier alpha value is -1.53. The van der Waals surface area contributed by atoms with Crippen LogP contribution in [0, 0.1) is 5.92 Å². The van der Waals surface area contributed by atoms with Crippen molar-refractivity contribution >= 4 is 38.9 Å². The molecule has 1 aliphatic carbocycles. The van der Waals surface area contributed by atoms with E-state index in [0.29, 0.717) is 18.0 Å². The van der Waals surface area contributed by atoms with Crippen molar-refractivity contribution in [2.24, 2.45) is 5.92 Å². The largest absolute Gasteiger partial charge is 0.326 e. The van der Waals surface area contributed by atoms with Crippen molar-refractivity contribution in [1.82, 2.24) is 0 Å². The number of nitrogens with one attached hydrogen (secondary N) is 2. The summed E-state index contributed by atoms with van der Waals surface area (Å²) in [7, 11) is -3.38. The summed E-state index contributed by atoms with van der Waals surface area (Å²) >= 11 is 6.00. The number of carbonyl (C=O) groups is 1. The number of halogens is 1. The molecule has 114 valence electrons. The van der Waals surface area contributed by atoms with Gasteiger partial charge in [0.25, 0.3) is 0 Å². The maximum atomic E-state index is 11.9. The summed E-state index contributed by atoms with van der Waals surface area (Å²) in [6.07, 6.45) is 7.67. The molecule has 1 amide bonds. The SMILES string of the molecule is CS(=O)(=O)Nc1ccc(NC(=O)C[C@H]2C=CCC2)cc1Cl. The molecular weight excluding hydrogens is 312 g/mol. The molecule has 0 aliphatic heterocycles. The average Bonchev–Trinajstić information content (AvgIpc) is 2.84. The number of benzene rings is 1. The zero-order valence-corrected chi connectivity index (χ0v) is 13.2. The van der Waals surface area contributed by atoms with Gasteiger partial charge in [-0.05, 0) is 37.0 Å². The van der Waals surface area contributed by atoms with Crippen molar-refractivity contribution in [3.8, 4) is 0 Å². The van der Waals surface area contributed by atoms with E-state index < -0.39 is 10.0 Å². The van der Waals surface area contributed by atoms with Gasteiger partial charge in [0.1, 0.15) is 0 Å². The van der Waals surface area contributed by atoms with Gasteiger partial charge in [0.05, 0.1) is 17.0 Å². The highest BCUT2D eigenvalue weighted by atomic mass is 35.5. The molecule has 1 aliphatic rings. The van der Waals surface area contributed by atoms with Gasteiger partial charge in [0.15, 0.2) is 0 Å². The average molecular weight is 329 g/mol. The lowest BCUT2D eigenvalue weighted by Gasteiger charge is -2.11. The predicted molar refractivity (Wildman–Crippen MR) is 85.0 cm³/mol. The van der Waals surface area contributed by atoms with Gasteiger partial charge in [-0.15, -0.1) is 0 Å². The third-order valence-electron chi connectivity index (χ3n) is 3.11. The number of anilines is 2. The molecule has 1 atom stereocenters. The molecule has 2 N–H and O–H groups in total. The minimum absolute atomic E-state index is 0.0774. The van der Waals surface area contributed by atoms with Crippen LogP contribution in [0.2, 0.25) is 5.02 Å². The number of sulfonamides is 1. The van der Waals surface area contributed by atoms with Crippen LogP contribution >= 0.6 is 11.6 Å². The lowest BCUT2D eigenvalue weighted by molar-refractivity contribution is -0.116. The molecule has 2 rings (SSSR count). The topological polar surface area (TPSA) is 75.3 Å². The second-order valence-corrected chi connectivity index (χ2v) is 7.24. The van der Waals surface area contributed by atoms with E-state index in [1.807, 2.05) is 0 Å². The number of carbonyl (C=O) groups excluding carboxylic acids is 1. The number of rotatable bonds is 5. The third kappa shape index (κ3) is 5.06. The van der Waals surface area contributed by atoms with Crippen LogP contribution in [0.25, 0.3) is 0 Å². The highest BCUT2D eigenvalue weighted by Gasteiger charge is 2.14. The first-order valence-electron chi connectivity index (χ1n) is 6.57. The molecule has 1 aromatic rings. The number of amides is 1. The summed E-state index contributed by atoms with van der Waals surface area (Å²) in [6, 6.07) is 4.66. The first-order chi connectivity index (χ1) is 9.83. The maximum Gasteiger partial charge on any atom is 0.229 e. The Kier molecular flexibility index (Phi) is 4.90. The van der Waals surface area contributed by atoms with E-state index in [0.717, 1.165) is 19.1 Å². The van der Waals surface area contributed by atoms with Crippen LogP contribution in [0.5, 0.6) is 0 Å². The quantitative estimate of drug-likeness (QED) is 0.816. The highest BCUT2D eigenvalue weighted by Crippen LogP contribution is 2.27. The van der Waals surface area contributed by atoms with E-state index in [2.05, 4.69) is 22.2 Å². The van der Waals surface area contributed by atoms with Gasteiger partial charge in [-0.25, -0.2) is 8.42 Å². The standard InChI is InChI=1S/C14H17ClN2O3S/c1-21(19,20)17-13-7-6-11(9-12(13)15)16-14(18)8-10-4-2-3-5-10/h2,4,6-7,9-10,17H,3,5,8H2,1H3,(H,16,18)/t10-/m0/s1. The Balaban J connectivity index is 1.99. The zero-order chi connectivity index (χ0) is 15.5. The van der Waals surface area contributed by atoms with Gasteiger partial charge in [0.2, 0.25) is 15.9 Å². The third-order valence-corrected chi connectivity index (χ3v) is 4.01. The first-order valence-corrected chi connectivity index (χ1v) is 8.84. The van der Waals surface area contributed by atoms with Gasteiger partial charge in [-0.3, -0.25) is 9.52 Å². The van der Waals surface area contributed by atoms with Crippen LogP contribution in [0.3, 0.4) is 0 Å². The monoisotopic (exact) mass is 328 g/mol. The molecule has 0 aromatic heterocycles. The lowest BCUT2D eigenvalue weighted by atomic mass is 10.1. The molecule has 0 bridgehead atoms. The van der Waals surface area contributed by atoms with Crippen molar-refractivity contribution in [3.63, 3.8) is 0 Å². The fourth-order valence-electron chi connectivity index (χ4n) is 2.19. The second kappa shape index (κ2) is 6.49. The normalized spacial score (nSPS) is 17.7. The molecule has 0 spiro atoms. The molecule has 21 heavy (non-hydrogen) atoms. The molecule has 5 nitrogen and oxygen atoms in total. The van der Waals surface area contributed by atoms with Crippen molar-refractivity contribution in [2.45, 2.75) is 19.3 Å². The highest BCUT2D eigenvalue weighted by molar-refractivity contribution is 7.92. The maximum absolute atomic E-state index is 11.9. The van der Waals surface area contributed by atoms with Gasteiger partial charge >= 0.3 is 0 Å². The number of allylic oxidation sites excluding steroid dienone is 2. The summed E-state index contributed by atoms with van der Waals surface area (Å²) in [6.45, 7) is 0. The van der Waals surface area contributed by atoms with Crippen LogP contribution in [-0.4, -0.2) is 20.6 Å². The summed E-state index contributed by atoms with van der Waals surface area (Å²) in [5.74, 6) is 0.220. The van der Waals surface area contributed by atoms with Crippen LogP contribution < -0.4 is 10.0 Å². The minimum atomic E-state index is -3.38. The van der Waals surface area contributed by atoms with E-state index >= 15 is 0 Å². The number of hydrogen-bond donors (Lipinski definition) is 2. The molecule has 0 saturated heterocycles. The van der Waals surface area contributed by atoms with Gasteiger partial charge in [-0.1, -0.05) is 23.8 Å². The van der Waals surface area contributed by atoms with E-state index in [1.54, 1.807) is 6.07 Å². The molecule has 0 saturated carbocycles. The van der Waals surface area contributed by atoms with Crippen LogP contribution in [-0.2, 0) is 14.8 Å². The van der Waals surface area contributed by atoms with Gasteiger partial charge in [-0.2, -0.15) is 0 Å². The Bertz CT molecular complexity index is 671. The lowest BCUT2D eigenvalue weighted by Crippen LogP contribution is -2.15. The van der Waals surface area contributed by atoms with Crippen molar-refractivity contribution < 1.29 is 13.2 Å². The number of hydrogen-bond acceptors (Lipinski definition) is 3. The molecule has 7 heteroatoms. The van der Waals surface area contributed by atoms with Crippen LogP contribution in [0.1, 0.15) is 19.3 Å². The molecule has 0 radical (unpaired) electrons. The van der Waals surface area contributed by atoms with Crippen molar-refractivity contribution in [3.05, 3.63) is 35.4 Å². The summed E-state index contributed by atoms with van der Waals surface area (Å²) in [5, 5.41) is 3.00. The van der Waals surface area contributed by atoms with Crippen molar-refractivity contribution in [2.75, 3.05) is 16.3 Å². The van der Waals surface area contributed by atoms with E-state index in [-0.39, 0.29) is 16.6 Å². The Morgan fingerprint density at radius 3 is 2.76 bits per heavy atom. The second-order valence-electron chi connectivity index (χ2n) is 5.09. The molecule has 0 unspecified atom stereocenters. The summed E-state index contributed by atoms with van der Waals surface area (Å²) in [4.78, 5) is 11.9. The van der Waals surface area contributed by atoms with Crippen LogP contribution in [0.4, 0.5) is 11.4 Å². The Labute approximate surface area is 129 Å². The predicted octanol–water partition coefficient (Wildman–Crippen LogP) is 3.01. The van der Waals surface area contributed by atoms with Crippen LogP contribution in [0.15, 0.2) is 30.4 Å². The van der Waals surface area contributed by atoms with Gasteiger partial charge in [0, 0.05) is 12.1 Å². The van der Waals surface area contributed by atoms with E-state index in [1.165, 1.54) is 12.1 Å². The fourth-order valence-corrected chi connectivity index (χ4v) is 3.05. The zero-order valence-electron chi connectivity index (χ0n) is 11.6. The van der Waals surface area contributed by atoms with E-state index in [9.17, 15) is 13.2 Å². The Morgan fingerprint density at radius 1 is 1.43 bits per heavy atom. The summed E-state index contributed by atoms with van der Waals surface area (Å²) in [5.41, 5.74) is 0.835. The van der Waals surface area contributed by atoms with E-state index in [4.69, 9.17) is 11.6 Å². The molecule has 0 fully saturated rings. The Morgan fingerprint density at radius 2 is 2.19 bits per heavy atom. The first kappa shape index (κ1) is 15.9. The molecular formula is C14H17ClN2O3S. The minimum Gasteiger partial charge on any atom is -0.326 e. The fraction of sp³-hybridized carbons (Fsp3) is 0.357. The molecule has 1 aromatic carbocycles. The smallest absolute Gasteiger partial charge is 0.229 e. The summed E-state index contributed by atoms with van der Waals surface area (Å²) < 4.78 is 24.6. The van der Waals surface area contributed by atoms with Crippen molar-refractivity contribution in [1.29, 1.82) is 0 Å².